The van der Waals surface area contributed by atoms with Crippen LogP contribution in [0.15, 0.2) is 24.4 Å². The number of pyridine rings is 1. The summed E-state index contributed by atoms with van der Waals surface area (Å²) in [5, 5.41) is 0.862. The number of fused-ring (bicyclic) bond motifs is 3. The average Bonchev–Trinajstić information content (AvgIpc) is 2.52. The number of benzene rings is 1. The first-order valence-electron chi connectivity index (χ1n) is 5.45. The van der Waals surface area contributed by atoms with Crippen LogP contribution in [0.1, 0.15) is 15.9 Å². The maximum atomic E-state index is 11.7. The molecule has 0 bridgehead atoms. The van der Waals surface area contributed by atoms with Gasteiger partial charge in [-0.2, -0.15) is 0 Å². The molecular weight excluding hydrogens is 218 g/mol. The van der Waals surface area contributed by atoms with Crippen LogP contribution in [0.2, 0.25) is 0 Å². The highest BCUT2D eigenvalue weighted by molar-refractivity contribution is 6.00. The fourth-order valence-corrected chi connectivity index (χ4v) is 2.00. The van der Waals surface area contributed by atoms with Gasteiger partial charge < -0.3 is 9.47 Å². The quantitative estimate of drug-likeness (QED) is 0.649. The molecule has 0 saturated heterocycles. The van der Waals surface area contributed by atoms with Gasteiger partial charge in [0.05, 0.1) is 5.52 Å². The van der Waals surface area contributed by atoms with Crippen LogP contribution < -0.4 is 4.74 Å². The highest BCUT2D eigenvalue weighted by Crippen LogP contribution is 2.31. The number of para-hydroxylation sites is 1. The summed E-state index contributed by atoms with van der Waals surface area (Å²) in [7, 11) is 0. The molecule has 0 atom stereocenters. The van der Waals surface area contributed by atoms with E-state index in [1.165, 1.54) is 6.20 Å². The Morgan fingerprint density at radius 2 is 2.06 bits per heavy atom. The molecule has 17 heavy (non-hydrogen) atoms. The number of carbonyl (C=O) groups excluding carboxylic acids is 1. The summed E-state index contributed by atoms with van der Waals surface area (Å²) in [6.45, 7) is 2.64. The van der Waals surface area contributed by atoms with Crippen LogP contribution in [-0.2, 0) is 4.74 Å². The van der Waals surface area contributed by atoms with Gasteiger partial charge in [-0.1, -0.05) is 12.1 Å². The number of ether oxygens (including phenoxy) is 2. The van der Waals surface area contributed by atoms with E-state index >= 15 is 0 Å². The predicted molar refractivity (Wildman–Crippen MR) is 62.3 cm³/mol. The van der Waals surface area contributed by atoms with E-state index in [1.807, 2.05) is 25.1 Å². The molecule has 1 aliphatic rings. The number of nitrogens with zero attached hydrogens (tertiary/aromatic N) is 1. The maximum Gasteiger partial charge on any atom is 0.343 e. The average molecular weight is 229 g/mol. The zero-order valence-corrected chi connectivity index (χ0v) is 9.40. The standard InChI is InChI=1S/C13H11NO3/c1-8-3-2-4-9-11(8)14-7-10-12(9)16-5-6-17-13(10)15/h2-4,7H,5-6H2,1H3. The van der Waals surface area contributed by atoms with Crippen molar-refractivity contribution in [1.29, 1.82) is 0 Å². The van der Waals surface area contributed by atoms with Crippen molar-refractivity contribution in [3.63, 3.8) is 0 Å². The molecule has 2 heterocycles. The molecule has 4 nitrogen and oxygen atoms in total. The lowest BCUT2D eigenvalue weighted by Gasteiger charge is -2.09. The third-order valence-electron chi connectivity index (χ3n) is 2.83. The maximum absolute atomic E-state index is 11.7. The highest BCUT2D eigenvalue weighted by Gasteiger charge is 2.21. The zero-order valence-electron chi connectivity index (χ0n) is 9.40. The number of hydrogen-bond donors (Lipinski definition) is 0. The van der Waals surface area contributed by atoms with Crippen molar-refractivity contribution in [2.75, 3.05) is 13.2 Å². The Morgan fingerprint density at radius 1 is 1.24 bits per heavy atom. The van der Waals surface area contributed by atoms with Crippen LogP contribution in [0.3, 0.4) is 0 Å². The summed E-state index contributed by atoms with van der Waals surface area (Å²) >= 11 is 0. The van der Waals surface area contributed by atoms with Crippen molar-refractivity contribution in [2.45, 2.75) is 6.92 Å². The Labute approximate surface area is 98.2 Å². The number of carbonyl (C=O) groups is 1. The number of aromatic nitrogens is 1. The highest BCUT2D eigenvalue weighted by atomic mass is 16.6. The molecule has 3 rings (SSSR count). The summed E-state index contributed by atoms with van der Waals surface area (Å²) in [5.41, 5.74) is 2.33. The Balaban J connectivity index is 2.35. The molecule has 0 spiro atoms. The van der Waals surface area contributed by atoms with Crippen molar-refractivity contribution in [3.05, 3.63) is 35.5 Å². The molecule has 0 aliphatic carbocycles. The van der Waals surface area contributed by atoms with Gasteiger partial charge in [0.2, 0.25) is 0 Å². The number of esters is 1. The number of cyclic esters (lactones) is 1. The Bertz CT molecular complexity index is 607. The summed E-state index contributed by atoms with van der Waals surface area (Å²) in [4.78, 5) is 16.0. The molecule has 4 heteroatoms. The van der Waals surface area contributed by atoms with Crippen molar-refractivity contribution < 1.29 is 14.3 Å². The van der Waals surface area contributed by atoms with Crippen LogP contribution in [-0.4, -0.2) is 24.2 Å². The van der Waals surface area contributed by atoms with Crippen molar-refractivity contribution in [3.8, 4) is 5.75 Å². The van der Waals surface area contributed by atoms with Crippen LogP contribution in [0, 0.1) is 6.92 Å². The van der Waals surface area contributed by atoms with Crippen LogP contribution in [0.4, 0.5) is 0 Å². The van der Waals surface area contributed by atoms with Gasteiger partial charge in [0.25, 0.3) is 0 Å². The molecule has 0 N–H and O–H groups in total. The van der Waals surface area contributed by atoms with E-state index in [0.717, 1.165) is 16.5 Å². The van der Waals surface area contributed by atoms with Gasteiger partial charge in [0.15, 0.2) is 0 Å². The molecule has 86 valence electrons. The first-order chi connectivity index (χ1) is 8.27. The normalized spacial score (nSPS) is 14.8. The number of rotatable bonds is 0. The van der Waals surface area contributed by atoms with E-state index in [1.54, 1.807) is 0 Å². The first-order valence-corrected chi connectivity index (χ1v) is 5.45. The van der Waals surface area contributed by atoms with E-state index in [-0.39, 0.29) is 12.6 Å². The largest absolute Gasteiger partial charge is 0.488 e. The van der Waals surface area contributed by atoms with Gasteiger partial charge in [-0.25, -0.2) is 4.79 Å². The van der Waals surface area contributed by atoms with Gasteiger partial charge in [-0.15, -0.1) is 0 Å². The second-order valence-corrected chi connectivity index (χ2v) is 3.96. The Hall–Kier alpha value is -2.10. The third kappa shape index (κ3) is 1.53. The van der Waals surface area contributed by atoms with Crippen LogP contribution >= 0.6 is 0 Å². The molecule has 0 saturated carbocycles. The van der Waals surface area contributed by atoms with Crippen molar-refractivity contribution in [2.24, 2.45) is 0 Å². The second kappa shape index (κ2) is 3.73. The molecule has 0 amide bonds. The minimum Gasteiger partial charge on any atom is -0.488 e. The van der Waals surface area contributed by atoms with E-state index in [0.29, 0.717) is 17.9 Å². The molecular formula is C13H11NO3. The van der Waals surface area contributed by atoms with Gasteiger partial charge in [0.1, 0.15) is 24.5 Å². The van der Waals surface area contributed by atoms with Gasteiger partial charge in [-0.3, -0.25) is 4.98 Å². The molecule has 2 aromatic rings. The predicted octanol–water partition coefficient (Wildman–Crippen LogP) is 2.09. The zero-order chi connectivity index (χ0) is 11.8. The van der Waals surface area contributed by atoms with Crippen molar-refractivity contribution >= 4 is 16.9 Å². The lowest BCUT2D eigenvalue weighted by Crippen LogP contribution is -2.05. The topological polar surface area (TPSA) is 48.4 Å². The van der Waals surface area contributed by atoms with E-state index < -0.39 is 0 Å². The van der Waals surface area contributed by atoms with Crippen LogP contribution in [0.25, 0.3) is 10.9 Å². The SMILES string of the molecule is Cc1cccc2c3c(cnc12)C(=O)OCCO3. The Kier molecular flexibility index (Phi) is 2.21. The number of aryl methyl sites for hydroxylation is 1. The molecule has 0 unspecified atom stereocenters. The monoisotopic (exact) mass is 229 g/mol. The Morgan fingerprint density at radius 3 is 2.94 bits per heavy atom. The van der Waals surface area contributed by atoms with Gasteiger partial charge >= 0.3 is 5.97 Å². The lowest BCUT2D eigenvalue weighted by molar-refractivity contribution is 0.0492. The minimum absolute atomic E-state index is 0.279. The smallest absolute Gasteiger partial charge is 0.343 e. The second-order valence-electron chi connectivity index (χ2n) is 3.96. The molecule has 0 fully saturated rings. The van der Waals surface area contributed by atoms with E-state index in [2.05, 4.69) is 4.98 Å². The first kappa shape index (κ1) is 10.1. The fraction of sp³-hybridized carbons (Fsp3) is 0.231. The summed E-state index contributed by atoms with van der Waals surface area (Å²) < 4.78 is 10.6. The van der Waals surface area contributed by atoms with Crippen molar-refractivity contribution in [1.82, 2.24) is 4.98 Å². The van der Waals surface area contributed by atoms with Crippen LogP contribution in [0.5, 0.6) is 5.75 Å². The summed E-state index contributed by atoms with van der Waals surface area (Å²) in [6, 6.07) is 5.82. The van der Waals surface area contributed by atoms with E-state index in [4.69, 9.17) is 9.47 Å². The van der Waals surface area contributed by atoms with E-state index in [9.17, 15) is 4.79 Å². The molecule has 0 radical (unpaired) electrons. The molecule has 1 aliphatic heterocycles. The third-order valence-corrected chi connectivity index (χ3v) is 2.83. The van der Waals surface area contributed by atoms with Gasteiger partial charge in [0, 0.05) is 11.6 Å². The van der Waals surface area contributed by atoms with Gasteiger partial charge in [-0.05, 0) is 18.6 Å². The summed E-state index contributed by atoms with van der Waals surface area (Å²) in [6.07, 6.45) is 1.53. The minimum atomic E-state index is -0.367. The summed E-state index contributed by atoms with van der Waals surface area (Å²) in [5.74, 6) is 0.217. The lowest BCUT2D eigenvalue weighted by atomic mass is 10.1. The fourth-order valence-electron chi connectivity index (χ4n) is 2.00. The molecule has 1 aromatic heterocycles. The number of hydrogen-bond acceptors (Lipinski definition) is 4. The molecule has 1 aromatic carbocycles.